The molecule has 6 rings (SSSR count). The maximum absolute atomic E-state index is 15.4. The molecule has 1 atom stereocenters. The fourth-order valence-corrected chi connectivity index (χ4v) is 6.42. The van der Waals surface area contributed by atoms with E-state index in [2.05, 4.69) is 0 Å². The summed E-state index contributed by atoms with van der Waals surface area (Å²) in [4.78, 5) is 17.2. The summed E-state index contributed by atoms with van der Waals surface area (Å²) in [6.45, 7) is 1.40. The second kappa shape index (κ2) is 10.4. The number of halogens is 2. The molecule has 0 radical (unpaired) electrons. The molecule has 0 bridgehead atoms. The van der Waals surface area contributed by atoms with Gasteiger partial charge in [-0.2, -0.15) is 0 Å². The van der Waals surface area contributed by atoms with Gasteiger partial charge in [-0.3, -0.25) is 4.79 Å². The number of methoxy groups -OCH3 is 2. The lowest BCUT2D eigenvalue weighted by Gasteiger charge is -2.38. The number of hydrogen-bond donors (Lipinski definition) is 0. The zero-order chi connectivity index (χ0) is 27.1. The zero-order valence-electron chi connectivity index (χ0n) is 21.3. The van der Waals surface area contributed by atoms with Crippen LogP contribution in [0, 0.1) is 5.82 Å². The molecule has 3 heterocycles. The number of thiophene rings is 1. The average Bonchev–Trinajstić information content (AvgIpc) is 3.46. The molecule has 4 aromatic rings. The molecule has 0 spiro atoms. The monoisotopic (exact) mass is 565 g/mol. The highest BCUT2D eigenvalue weighted by Crippen LogP contribution is 2.45. The Bertz CT molecular complexity index is 1550. The summed E-state index contributed by atoms with van der Waals surface area (Å²) >= 11 is 7.95. The molecule has 0 N–H and O–H groups in total. The highest BCUT2D eigenvalue weighted by molar-refractivity contribution is 7.17. The fraction of sp³-hybridized carbons (Fsp3) is 0.233. The van der Waals surface area contributed by atoms with E-state index in [1.54, 1.807) is 31.3 Å². The van der Waals surface area contributed by atoms with Gasteiger partial charge < -0.3 is 23.8 Å². The van der Waals surface area contributed by atoms with Crippen molar-refractivity contribution in [2.45, 2.75) is 12.5 Å². The van der Waals surface area contributed by atoms with Crippen LogP contribution in [-0.4, -0.2) is 44.8 Å². The van der Waals surface area contributed by atoms with Crippen molar-refractivity contribution in [2.24, 2.45) is 0 Å². The third-order valence-corrected chi connectivity index (χ3v) is 8.50. The first-order valence-corrected chi connectivity index (χ1v) is 13.7. The number of hydrogen-bond acceptors (Lipinski definition) is 6. The van der Waals surface area contributed by atoms with E-state index < -0.39 is 11.9 Å². The second-order valence-corrected chi connectivity index (χ2v) is 10.7. The van der Waals surface area contributed by atoms with Gasteiger partial charge in [-0.15, -0.1) is 11.3 Å². The molecule has 1 amide bonds. The number of nitrogens with zero attached hydrogens (tertiary/aromatic N) is 1. The Morgan fingerprint density at radius 1 is 1.00 bits per heavy atom. The Balaban J connectivity index is 1.40. The van der Waals surface area contributed by atoms with Gasteiger partial charge in [0, 0.05) is 22.0 Å². The lowest BCUT2D eigenvalue weighted by Crippen LogP contribution is -2.40. The number of carbonyl (C=O) groups excluding carboxylic acids is 1. The number of fused-ring (bicyclic) bond motifs is 2. The van der Waals surface area contributed by atoms with Gasteiger partial charge in [0.05, 0.1) is 25.1 Å². The topological polar surface area (TPSA) is 57.2 Å². The Morgan fingerprint density at radius 2 is 1.77 bits per heavy atom. The maximum atomic E-state index is 15.4. The van der Waals surface area contributed by atoms with Crippen molar-refractivity contribution in [1.29, 1.82) is 0 Å². The van der Waals surface area contributed by atoms with Crippen molar-refractivity contribution in [3.63, 3.8) is 0 Å². The predicted molar refractivity (Wildman–Crippen MR) is 148 cm³/mol. The molecule has 0 saturated carbocycles. The molecule has 3 aromatic carbocycles. The minimum absolute atomic E-state index is 0.200. The molecule has 2 aliphatic rings. The van der Waals surface area contributed by atoms with E-state index in [1.807, 2.05) is 42.5 Å². The molecule has 0 fully saturated rings. The molecule has 9 heteroatoms. The van der Waals surface area contributed by atoms with E-state index in [9.17, 15) is 4.79 Å². The van der Waals surface area contributed by atoms with Crippen LogP contribution in [-0.2, 0) is 6.42 Å². The van der Waals surface area contributed by atoms with E-state index in [1.165, 1.54) is 17.4 Å². The van der Waals surface area contributed by atoms with E-state index in [-0.39, 0.29) is 16.5 Å². The molecule has 200 valence electrons. The molecule has 1 unspecified atom stereocenters. The van der Waals surface area contributed by atoms with Crippen LogP contribution in [0.25, 0.3) is 10.4 Å². The molecule has 2 aliphatic heterocycles. The molecular formula is C30H25ClFNO5S. The number of amides is 1. The van der Waals surface area contributed by atoms with Gasteiger partial charge in [-0.25, -0.2) is 4.39 Å². The van der Waals surface area contributed by atoms with Gasteiger partial charge in [-0.1, -0.05) is 17.7 Å². The van der Waals surface area contributed by atoms with Crippen molar-refractivity contribution in [3.05, 3.63) is 93.1 Å². The van der Waals surface area contributed by atoms with Crippen LogP contribution in [0.5, 0.6) is 23.0 Å². The van der Waals surface area contributed by atoms with Crippen molar-refractivity contribution >= 4 is 28.8 Å². The summed E-state index contributed by atoms with van der Waals surface area (Å²) in [5.74, 6) is 1.80. The smallest absolute Gasteiger partial charge is 0.264 e. The van der Waals surface area contributed by atoms with Gasteiger partial charge >= 0.3 is 0 Å². The first-order valence-electron chi connectivity index (χ1n) is 12.5. The van der Waals surface area contributed by atoms with E-state index in [0.717, 1.165) is 21.6 Å². The lowest BCUT2D eigenvalue weighted by atomic mass is 9.87. The van der Waals surface area contributed by atoms with Gasteiger partial charge in [0.1, 0.15) is 19.0 Å². The second-order valence-electron chi connectivity index (χ2n) is 9.21. The summed E-state index contributed by atoms with van der Waals surface area (Å²) in [6.07, 6.45) is 0.574. The molecule has 6 nitrogen and oxygen atoms in total. The van der Waals surface area contributed by atoms with E-state index in [4.69, 9.17) is 30.5 Å². The van der Waals surface area contributed by atoms with Crippen molar-refractivity contribution in [2.75, 3.05) is 34.0 Å². The summed E-state index contributed by atoms with van der Waals surface area (Å²) in [6, 6.07) is 17.0. The molecule has 39 heavy (non-hydrogen) atoms. The maximum Gasteiger partial charge on any atom is 0.264 e. The highest BCUT2D eigenvalue weighted by atomic mass is 35.5. The number of carbonyl (C=O) groups is 1. The van der Waals surface area contributed by atoms with E-state index >= 15 is 4.39 Å². The quantitative estimate of drug-likeness (QED) is 0.267. The lowest BCUT2D eigenvalue weighted by molar-refractivity contribution is 0.0697. The van der Waals surface area contributed by atoms with Crippen LogP contribution in [0.15, 0.2) is 60.7 Å². The van der Waals surface area contributed by atoms with Crippen LogP contribution in [0.3, 0.4) is 0 Å². The van der Waals surface area contributed by atoms with Crippen molar-refractivity contribution in [3.8, 4) is 33.4 Å². The average molecular weight is 566 g/mol. The van der Waals surface area contributed by atoms with Crippen molar-refractivity contribution in [1.82, 2.24) is 4.90 Å². The normalized spacial score (nSPS) is 16.0. The number of benzene rings is 3. The molecular weight excluding hydrogens is 541 g/mol. The number of rotatable bonds is 5. The van der Waals surface area contributed by atoms with Gasteiger partial charge in [0.2, 0.25) is 0 Å². The van der Waals surface area contributed by atoms with Gasteiger partial charge in [0.25, 0.3) is 5.91 Å². The largest absolute Gasteiger partial charge is 0.493 e. The van der Waals surface area contributed by atoms with Crippen LogP contribution in [0.2, 0.25) is 5.02 Å². The Kier molecular flexibility index (Phi) is 6.83. The third-order valence-electron chi connectivity index (χ3n) is 7.05. The summed E-state index contributed by atoms with van der Waals surface area (Å²) in [7, 11) is 3.12. The summed E-state index contributed by atoms with van der Waals surface area (Å²) < 4.78 is 37.8. The SMILES string of the molecule is COc1cc2c(cc1OC)C(c1c(F)cccc1Cl)N(C(=O)c1ccc(-c3ccc4c(c3)OCCO4)s1)CC2. The highest BCUT2D eigenvalue weighted by Gasteiger charge is 2.37. The van der Waals surface area contributed by atoms with Crippen LogP contribution < -0.4 is 18.9 Å². The standard InChI is InChI=1S/C30H25ClFNO5S/c1-35-23-14-17-10-11-33(29(19(17)16-24(23)36-2)28-20(31)4-3-5-21(28)32)30(34)27-9-8-26(39-27)18-6-7-22-25(15-18)38-13-12-37-22/h3-9,14-16,29H,10-13H2,1-2H3. The van der Waals surface area contributed by atoms with Crippen LogP contribution in [0.1, 0.15) is 32.4 Å². The number of ether oxygens (including phenoxy) is 4. The van der Waals surface area contributed by atoms with Gasteiger partial charge in [0.15, 0.2) is 23.0 Å². The first-order chi connectivity index (χ1) is 19.0. The molecule has 0 saturated heterocycles. The Morgan fingerprint density at radius 3 is 2.54 bits per heavy atom. The van der Waals surface area contributed by atoms with Crippen molar-refractivity contribution < 1.29 is 28.1 Å². The van der Waals surface area contributed by atoms with Gasteiger partial charge in [-0.05, 0) is 77.7 Å². The minimum Gasteiger partial charge on any atom is -0.493 e. The van der Waals surface area contributed by atoms with E-state index in [0.29, 0.717) is 54.1 Å². The summed E-state index contributed by atoms with van der Waals surface area (Å²) in [5, 5.41) is 0.253. The minimum atomic E-state index is -0.741. The molecule has 0 aliphatic carbocycles. The Labute approximate surface area is 234 Å². The molecule has 1 aromatic heterocycles. The first kappa shape index (κ1) is 25.5. The summed E-state index contributed by atoms with van der Waals surface area (Å²) in [5.41, 5.74) is 2.88. The van der Waals surface area contributed by atoms with Crippen LogP contribution >= 0.6 is 22.9 Å². The predicted octanol–water partition coefficient (Wildman–Crippen LogP) is 6.78. The fourth-order valence-electron chi connectivity index (χ4n) is 5.19. The zero-order valence-corrected chi connectivity index (χ0v) is 22.9. The third kappa shape index (κ3) is 4.57. The van der Waals surface area contributed by atoms with Crippen LogP contribution in [0.4, 0.5) is 4.39 Å². The Hall–Kier alpha value is -3.75.